The van der Waals surface area contributed by atoms with Crippen molar-refractivity contribution in [3.05, 3.63) is 58.9 Å². The van der Waals surface area contributed by atoms with Crippen molar-refractivity contribution in [1.29, 1.82) is 0 Å². The van der Waals surface area contributed by atoms with Crippen LogP contribution in [0, 0.1) is 0 Å². The molecule has 104 valence electrons. The van der Waals surface area contributed by atoms with Crippen LogP contribution in [0.4, 0.5) is 5.69 Å². The summed E-state index contributed by atoms with van der Waals surface area (Å²) in [6.45, 7) is 0.661. The standard InChI is InChI=1S/C14H15ClN4O/c1-19(9-10-2-4-11(15)5-3-10)13-8-17-7-6-12(13)14(16)18-20/h2-8,20H,9H2,1H3,(H2,16,18). The van der Waals surface area contributed by atoms with Crippen LogP contribution in [0.5, 0.6) is 0 Å². The number of nitrogens with zero attached hydrogens (tertiary/aromatic N) is 3. The van der Waals surface area contributed by atoms with Gasteiger partial charge in [0.2, 0.25) is 0 Å². The molecule has 0 aliphatic rings. The Morgan fingerprint density at radius 3 is 2.70 bits per heavy atom. The number of anilines is 1. The lowest BCUT2D eigenvalue weighted by Gasteiger charge is -2.21. The summed E-state index contributed by atoms with van der Waals surface area (Å²) in [5.41, 5.74) is 8.20. The number of nitrogens with two attached hydrogens (primary N) is 1. The molecule has 0 atom stereocenters. The van der Waals surface area contributed by atoms with Gasteiger partial charge in [0.15, 0.2) is 5.84 Å². The fourth-order valence-electron chi connectivity index (χ4n) is 1.91. The minimum Gasteiger partial charge on any atom is -0.409 e. The van der Waals surface area contributed by atoms with E-state index in [1.807, 2.05) is 36.2 Å². The first kappa shape index (κ1) is 14.1. The van der Waals surface area contributed by atoms with Crippen molar-refractivity contribution in [3.63, 3.8) is 0 Å². The van der Waals surface area contributed by atoms with E-state index in [4.69, 9.17) is 22.5 Å². The van der Waals surface area contributed by atoms with Gasteiger partial charge in [-0.2, -0.15) is 0 Å². The molecule has 0 amide bonds. The summed E-state index contributed by atoms with van der Waals surface area (Å²) < 4.78 is 0. The Morgan fingerprint density at radius 2 is 2.05 bits per heavy atom. The molecule has 1 heterocycles. The van der Waals surface area contributed by atoms with Crippen molar-refractivity contribution < 1.29 is 5.21 Å². The van der Waals surface area contributed by atoms with Gasteiger partial charge in [-0.05, 0) is 23.8 Å². The maximum atomic E-state index is 8.82. The topological polar surface area (TPSA) is 74.7 Å². The van der Waals surface area contributed by atoms with Gasteiger partial charge in [0.05, 0.1) is 11.9 Å². The Bertz CT molecular complexity index is 613. The average molecular weight is 291 g/mol. The number of halogens is 1. The van der Waals surface area contributed by atoms with Crippen LogP contribution in [0.25, 0.3) is 0 Å². The molecule has 0 radical (unpaired) electrons. The number of hydrogen-bond donors (Lipinski definition) is 2. The van der Waals surface area contributed by atoms with Crippen molar-refractivity contribution in [1.82, 2.24) is 4.98 Å². The van der Waals surface area contributed by atoms with Gasteiger partial charge in [-0.3, -0.25) is 4.98 Å². The Hall–Kier alpha value is -2.27. The van der Waals surface area contributed by atoms with Crippen molar-refractivity contribution in [2.75, 3.05) is 11.9 Å². The van der Waals surface area contributed by atoms with Crippen LogP contribution in [-0.4, -0.2) is 23.1 Å². The van der Waals surface area contributed by atoms with Gasteiger partial charge in [-0.1, -0.05) is 28.9 Å². The molecule has 0 saturated carbocycles. The van der Waals surface area contributed by atoms with Crippen molar-refractivity contribution >= 4 is 23.1 Å². The van der Waals surface area contributed by atoms with Gasteiger partial charge in [0.25, 0.3) is 0 Å². The molecule has 0 saturated heterocycles. The predicted molar refractivity (Wildman–Crippen MR) is 80.3 cm³/mol. The Labute approximate surface area is 122 Å². The van der Waals surface area contributed by atoms with Gasteiger partial charge >= 0.3 is 0 Å². The largest absolute Gasteiger partial charge is 0.409 e. The molecule has 0 fully saturated rings. The highest BCUT2D eigenvalue weighted by Crippen LogP contribution is 2.20. The highest BCUT2D eigenvalue weighted by atomic mass is 35.5. The zero-order chi connectivity index (χ0) is 14.5. The molecule has 2 aromatic rings. The van der Waals surface area contributed by atoms with Crippen molar-refractivity contribution in [3.8, 4) is 0 Å². The summed E-state index contributed by atoms with van der Waals surface area (Å²) in [4.78, 5) is 6.06. The van der Waals surface area contributed by atoms with Crippen LogP contribution < -0.4 is 10.6 Å². The van der Waals surface area contributed by atoms with Crippen LogP contribution >= 0.6 is 11.6 Å². The molecule has 0 unspecified atom stereocenters. The number of amidine groups is 1. The molecule has 0 aliphatic heterocycles. The first-order valence-electron chi connectivity index (χ1n) is 5.99. The monoisotopic (exact) mass is 290 g/mol. The minimum absolute atomic E-state index is 0.0605. The Morgan fingerprint density at radius 1 is 1.35 bits per heavy atom. The van der Waals surface area contributed by atoms with Crippen molar-refractivity contribution in [2.45, 2.75) is 6.54 Å². The van der Waals surface area contributed by atoms with E-state index >= 15 is 0 Å². The maximum Gasteiger partial charge on any atom is 0.172 e. The average Bonchev–Trinajstić information content (AvgIpc) is 2.48. The van der Waals surface area contributed by atoms with E-state index in [-0.39, 0.29) is 5.84 Å². The molecule has 0 aliphatic carbocycles. The zero-order valence-electron chi connectivity index (χ0n) is 11.0. The third-order valence-electron chi connectivity index (χ3n) is 2.93. The quantitative estimate of drug-likeness (QED) is 0.393. The van der Waals surface area contributed by atoms with Crippen LogP contribution in [0.3, 0.4) is 0 Å². The lowest BCUT2D eigenvalue weighted by atomic mass is 10.1. The minimum atomic E-state index is 0.0605. The van der Waals surface area contributed by atoms with Gasteiger partial charge in [0, 0.05) is 30.4 Å². The van der Waals surface area contributed by atoms with Gasteiger partial charge in [-0.25, -0.2) is 0 Å². The molecular formula is C14H15ClN4O. The number of rotatable bonds is 4. The van der Waals surface area contributed by atoms with Crippen LogP contribution in [-0.2, 0) is 6.54 Å². The van der Waals surface area contributed by atoms with Gasteiger partial charge in [-0.15, -0.1) is 0 Å². The van der Waals surface area contributed by atoms with E-state index in [0.29, 0.717) is 17.1 Å². The SMILES string of the molecule is CN(Cc1ccc(Cl)cc1)c1cnccc1/C(N)=N/O. The third-order valence-corrected chi connectivity index (χ3v) is 3.18. The number of oxime groups is 1. The molecule has 2 rings (SSSR count). The smallest absolute Gasteiger partial charge is 0.172 e. The molecule has 1 aromatic heterocycles. The maximum absolute atomic E-state index is 8.82. The predicted octanol–water partition coefficient (Wildman–Crippen LogP) is 2.47. The highest BCUT2D eigenvalue weighted by Gasteiger charge is 2.11. The first-order valence-corrected chi connectivity index (χ1v) is 6.37. The van der Waals surface area contributed by atoms with E-state index in [1.54, 1.807) is 18.5 Å². The normalized spacial score (nSPS) is 11.4. The molecular weight excluding hydrogens is 276 g/mol. The van der Waals surface area contributed by atoms with Crippen LogP contribution in [0.15, 0.2) is 47.9 Å². The number of aromatic nitrogens is 1. The fourth-order valence-corrected chi connectivity index (χ4v) is 2.04. The van der Waals surface area contributed by atoms with E-state index in [0.717, 1.165) is 11.3 Å². The Balaban J connectivity index is 2.25. The molecule has 5 nitrogen and oxygen atoms in total. The molecule has 6 heteroatoms. The summed E-state index contributed by atoms with van der Waals surface area (Å²) in [5, 5.41) is 12.6. The van der Waals surface area contributed by atoms with E-state index in [1.165, 1.54) is 0 Å². The summed E-state index contributed by atoms with van der Waals surface area (Å²) >= 11 is 5.87. The van der Waals surface area contributed by atoms with E-state index in [2.05, 4.69) is 10.1 Å². The lowest BCUT2D eigenvalue weighted by molar-refractivity contribution is 0.318. The first-order chi connectivity index (χ1) is 9.61. The second-order valence-electron chi connectivity index (χ2n) is 4.36. The molecule has 0 spiro atoms. The molecule has 20 heavy (non-hydrogen) atoms. The number of benzene rings is 1. The highest BCUT2D eigenvalue weighted by molar-refractivity contribution is 6.30. The number of hydrogen-bond acceptors (Lipinski definition) is 4. The van der Waals surface area contributed by atoms with Crippen molar-refractivity contribution in [2.24, 2.45) is 10.9 Å². The molecule has 3 N–H and O–H groups in total. The summed E-state index contributed by atoms with van der Waals surface area (Å²) in [5.74, 6) is 0.0605. The van der Waals surface area contributed by atoms with Gasteiger partial charge < -0.3 is 15.8 Å². The summed E-state index contributed by atoms with van der Waals surface area (Å²) in [6.07, 6.45) is 3.29. The molecule has 0 bridgehead atoms. The summed E-state index contributed by atoms with van der Waals surface area (Å²) in [7, 11) is 1.92. The lowest BCUT2D eigenvalue weighted by Crippen LogP contribution is -2.22. The molecule has 1 aromatic carbocycles. The van der Waals surface area contributed by atoms with Crippen LogP contribution in [0.1, 0.15) is 11.1 Å². The van der Waals surface area contributed by atoms with E-state index < -0.39 is 0 Å². The zero-order valence-corrected chi connectivity index (χ0v) is 11.7. The second kappa shape index (κ2) is 6.25. The van der Waals surface area contributed by atoms with Gasteiger partial charge in [0.1, 0.15) is 0 Å². The van der Waals surface area contributed by atoms with Crippen LogP contribution in [0.2, 0.25) is 5.02 Å². The Kier molecular flexibility index (Phi) is 4.42. The summed E-state index contributed by atoms with van der Waals surface area (Å²) in [6, 6.07) is 9.32. The third kappa shape index (κ3) is 3.19. The number of pyridine rings is 1. The van der Waals surface area contributed by atoms with E-state index in [9.17, 15) is 0 Å². The second-order valence-corrected chi connectivity index (χ2v) is 4.80. The fraction of sp³-hybridized carbons (Fsp3) is 0.143.